The molecule has 148 valence electrons. The van der Waals surface area contributed by atoms with Gasteiger partial charge < -0.3 is 20.3 Å². The fraction of sp³-hybridized carbons (Fsp3) is 0.263. The zero-order valence-corrected chi connectivity index (χ0v) is 17.1. The Hall–Kier alpha value is -1.99. The van der Waals surface area contributed by atoms with Crippen LogP contribution in [-0.4, -0.2) is 49.6 Å². The molecule has 2 N–H and O–H groups in total. The van der Waals surface area contributed by atoms with Crippen molar-refractivity contribution in [2.45, 2.75) is 0 Å². The summed E-state index contributed by atoms with van der Waals surface area (Å²) in [5, 5.41) is 6.57. The highest BCUT2D eigenvalue weighted by atomic mass is 35.5. The van der Waals surface area contributed by atoms with E-state index in [4.69, 9.17) is 39.5 Å². The first-order valence-electron chi connectivity index (χ1n) is 8.59. The Morgan fingerprint density at radius 2 is 1.71 bits per heavy atom. The number of hydrogen-bond donors (Lipinski definition) is 2. The summed E-state index contributed by atoms with van der Waals surface area (Å²) in [4.78, 5) is 26.5. The summed E-state index contributed by atoms with van der Waals surface area (Å²) in [5.74, 6) is -0.371. The molecule has 6 nitrogen and oxygen atoms in total. The van der Waals surface area contributed by atoms with E-state index in [0.29, 0.717) is 58.3 Å². The predicted molar refractivity (Wildman–Crippen MR) is 112 cm³/mol. The van der Waals surface area contributed by atoms with Crippen LogP contribution in [0.3, 0.4) is 0 Å². The maximum absolute atomic E-state index is 12.6. The first-order chi connectivity index (χ1) is 13.4. The molecule has 0 aliphatic carbocycles. The summed E-state index contributed by atoms with van der Waals surface area (Å²) in [6.07, 6.45) is 0. The fourth-order valence-electron chi connectivity index (χ4n) is 2.71. The summed E-state index contributed by atoms with van der Waals surface area (Å²) in [7, 11) is 0. The summed E-state index contributed by atoms with van der Waals surface area (Å²) in [5.41, 5.74) is 1.59. The van der Waals surface area contributed by atoms with Crippen molar-refractivity contribution in [3.8, 4) is 0 Å². The number of rotatable bonds is 5. The van der Waals surface area contributed by atoms with Crippen molar-refractivity contribution >= 4 is 58.0 Å². The van der Waals surface area contributed by atoms with Crippen LogP contribution in [0.5, 0.6) is 0 Å². The van der Waals surface area contributed by atoms with E-state index >= 15 is 0 Å². The lowest BCUT2D eigenvalue weighted by Crippen LogP contribution is -2.40. The molecule has 0 atom stereocenters. The fourth-order valence-corrected chi connectivity index (χ4v) is 3.30. The van der Waals surface area contributed by atoms with Crippen molar-refractivity contribution in [3.05, 3.63) is 57.0 Å². The van der Waals surface area contributed by atoms with Crippen LogP contribution in [0.1, 0.15) is 10.4 Å². The number of halogens is 3. The van der Waals surface area contributed by atoms with Crippen molar-refractivity contribution in [1.82, 2.24) is 4.90 Å². The Balaban J connectivity index is 1.59. The molecule has 1 aliphatic rings. The average molecular weight is 443 g/mol. The first kappa shape index (κ1) is 20.7. The summed E-state index contributed by atoms with van der Waals surface area (Å²) in [6.45, 7) is 2.22. The second kappa shape index (κ2) is 9.47. The molecule has 1 aliphatic heterocycles. The molecule has 3 rings (SSSR count). The van der Waals surface area contributed by atoms with E-state index in [1.165, 1.54) is 12.1 Å². The Morgan fingerprint density at radius 1 is 1.00 bits per heavy atom. The number of hydrogen-bond acceptors (Lipinski definition) is 4. The second-order valence-corrected chi connectivity index (χ2v) is 7.35. The minimum atomic E-state index is -0.315. The lowest BCUT2D eigenvalue weighted by Gasteiger charge is -2.27. The third kappa shape index (κ3) is 5.29. The van der Waals surface area contributed by atoms with Crippen molar-refractivity contribution in [3.63, 3.8) is 0 Å². The molecular formula is C19H18Cl3N3O3. The molecule has 28 heavy (non-hydrogen) atoms. The monoisotopic (exact) mass is 441 g/mol. The summed E-state index contributed by atoms with van der Waals surface area (Å²) in [6, 6.07) is 9.98. The highest BCUT2D eigenvalue weighted by Crippen LogP contribution is 2.32. The number of carbonyl (C=O) groups excluding carboxylic acids is 2. The maximum Gasteiger partial charge on any atom is 0.254 e. The van der Waals surface area contributed by atoms with Gasteiger partial charge in [0.05, 0.1) is 40.5 Å². The molecule has 0 radical (unpaired) electrons. The number of benzene rings is 2. The van der Waals surface area contributed by atoms with Gasteiger partial charge in [-0.05, 0) is 30.3 Å². The van der Waals surface area contributed by atoms with E-state index < -0.39 is 0 Å². The smallest absolute Gasteiger partial charge is 0.254 e. The lowest BCUT2D eigenvalue weighted by atomic mass is 10.1. The SMILES string of the molecule is O=C(CNc1cccc(C(=O)N2CCOCC2)c1)Nc1cc(Cl)c(Cl)cc1Cl. The molecule has 2 amide bonds. The van der Waals surface area contributed by atoms with Gasteiger partial charge in [-0.25, -0.2) is 0 Å². The number of amides is 2. The standard InChI is InChI=1S/C19H18Cl3N3O3/c20-14-9-16(22)17(10-15(14)21)24-18(26)11-23-13-3-1-2-12(8-13)19(27)25-4-6-28-7-5-25/h1-3,8-10,23H,4-7,11H2,(H,24,26). The van der Waals surface area contributed by atoms with E-state index in [1.807, 2.05) is 0 Å². The van der Waals surface area contributed by atoms with E-state index in [9.17, 15) is 9.59 Å². The van der Waals surface area contributed by atoms with Gasteiger partial charge in [0.2, 0.25) is 5.91 Å². The predicted octanol–water partition coefficient (Wildman–Crippen LogP) is 4.17. The number of ether oxygens (including phenoxy) is 1. The quantitative estimate of drug-likeness (QED) is 0.682. The topological polar surface area (TPSA) is 70.7 Å². The number of carbonyl (C=O) groups is 2. The Bertz CT molecular complexity index is 886. The van der Waals surface area contributed by atoms with Gasteiger partial charge >= 0.3 is 0 Å². The first-order valence-corrected chi connectivity index (χ1v) is 9.73. The number of anilines is 2. The van der Waals surface area contributed by atoms with Gasteiger partial charge in [0.25, 0.3) is 5.91 Å². The molecular weight excluding hydrogens is 425 g/mol. The minimum absolute atomic E-state index is 0.00816. The average Bonchev–Trinajstić information content (AvgIpc) is 2.71. The van der Waals surface area contributed by atoms with Crippen molar-refractivity contribution in [2.24, 2.45) is 0 Å². The van der Waals surface area contributed by atoms with Crippen LogP contribution in [-0.2, 0) is 9.53 Å². The largest absolute Gasteiger partial charge is 0.378 e. The molecule has 0 bridgehead atoms. The van der Waals surface area contributed by atoms with Gasteiger partial charge in [0, 0.05) is 24.3 Å². The molecule has 9 heteroatoms. The number of nitrogens with one attached hydrogen (secondary N) is 2. The van der Waals surface area contributed by atoms with Crippen LogP contribution < -0.4 is 10.6 Å². The Morgan fingerprint density at radius 3 is 2.46 bits per heavy atom. The van der Waals surface area contributed by atoms with Crippen LogP contribution in [0.15, 0.2) is 36.4 Å². The molecule has 2 aromatic carbocycles. The van der Waals surface area contributed by atoms with Gasteiger partial charge in [0.15, 0.2) is 0 Å². The normalized spacial score (nSPS) is 13.9. The summed E-state index contributed by atoms with van der Waals surface area (Å²) < 4.78 is 5.27. The minimum Gasteiger partial charge on any atom is -0.378 e. The summed E-state index contributed by atoms with van der Waals surface area (Å²) >= 11 is 17.9. The Labute approximate surface area is 177 Å². The van der Waals surface area contributed by atoms with Crippen LogP contribution in [0.4, 0.5) is 11.4 Å². The van der Waals surface area contributed by atoms with E-state index in [1.54, 1.807) is 29.2 Å². The highest BCUT2D eigenvalue weighted by Gasteiger charge is 2.18. The molecule has 2 aromatic rings. The van der Waals surface area contributed by atoms with Crippen LogP contribution in [0.2, 0.25) is 15.1 Å². The van der Waals surface area contributed by atoms with Crippen molar-refractivity contribution < 1.29 is 14.3 Å². The molecule has 0 aromatic heterocycles. The van der Waals surface area contributed by atoms with Crippen LogP contribution >= 0.6 is 34.8 Å². The van der Waals surface area contributed by atoms with E-state index in [2.05, 4.69) is 10.6 Å². The van der Waals surface area contributed by atoms with E-state index in [-0.39, 0.29) is 18.4 Å². The third-order valence-corrected chi connectivity index (χ3v) is 5.18. The maximum atomic E-state index is 12.6. The van der Waals surface area contributed by atoms with Crippen LogP contribution in [0.25, 0.3) is 0 Å². The third-order valence-electron chi connectivity index (χ3n) is 4.14. The number of morpholine rings is 1. The lowest BCUT2D eigenvalue weighted by molar-refractivity contribution is -0.114. The Kier molecular flexibility index (Phi) is 7.02. The molecule has 0 saturated carbocycles. The van der Waals surface area contributed by atoms with Crippen molar-refractivity contribution in [2.75, 3.05) is 43.5 Å². The van der Waals surface area contributed by atoms with Gasteiger partial charge in [0.1, 0.15) is 0 Å². The molecule has 0 unspecified atom stereocenters. The molecule has 1 heterocycles. The van der Waals surface area contributed by atoms with Crippen molar-refractivity contribution in [1.29, 1.82) is 0 Å². The van der Waals surface area contributed by atoms with Gasteiger partial charge in [-0.15, -0.1) is 0 Å². The van der Waals surface area contributed by atoms with Gasteiger partial charge in [-0.3, -0.25) is 9.59 Å². The van der Waals surface area contributed by atoms with Crippen LogP contribution in [0, 0.1) is 0 Å². The molecule has 1 fully saturated rings. The molecule has 1 saturated heterocycles. The number of nitrogens with zero attached hydrogens (tertiary/aromatic N) is 1. The van der Waals surface area contributed by atoms with Gasteiger partial charge in [-0.1, -0.05) is 40.9 Å². The zero-order valence-electron chi connectivity index (χ0n) is 14.8. The second-order valence-electron chi connectivity index (χ2n) is 6.13. The van der Waals surface area contributed by atoms with Gasteiger partial charge in [-0.2, -0.15) is 0 Å². The highest BCUT2D eigenvalue weighted by molar-refractivity contribution is 6.44. The zero-order chi connectivity index (χ0) is 20.1. The molecule has 0 spiro atoms. The van der Waals surface area contributed by atoms with E-state index in [0.717, 1.165) is 0 Å².